The monoisotopic (exact) mass is 1040 g/mol. The van der Waals surface area contributed by atoms with Crippen molar-refractivity contribution in [2.75, 3.05) is 4.90 Å². The maximum absolute atomic E-state index is 2.59. The zero-order valence-corrected chi connectivity index (χ0v) is 45.7. The Bertz CT molecular complexity index is 4730. The number of rotatable bonds is 7. The first-order valence-electron chi connectivity index (χ1n) is 28.9. The highest BCUT2D eigenvalue weighted by Crippen LogP contribution is 2.66. The summed E-state index contributed by atoms with van der Waals surface area (Å²) in [6.07, 6.45) is 0. The molecule has 1 unspecified atom stereocenters. The van der Waals surface area contributed by atoms with Crippen molar-refractivity contribution in [1.82, 2.24) is 0 Å². The van der Waals surface area contributed by atoms with E-state index >= 15 is 0 Å². The molecule has 0 N–H and O–H groups in total. The molecule has 13 aromatic rings. The van der Waals surface area contributed by atoms with Crippen molar-refractivity contribution in [2.24, 2.45) is 0 Å². The standard InChI is InChI=1S/C81H55N/c1-79(2)68-40-16-12-32-59(68)62-48-46-56(50-73(62)79)82(57-47-49-63-60-33-13-17-41-69(60)80(74(63)51-57,54-28-8-4-9-29-54)55-30-10-5-11-31-55)75-45-21-27-53-26-20-37-64(76(53)75)66-39-22-38-65-61-34-14-18-42-70(61)81(78(65)66)71-43-19-15-35-67(71)77-58(36-23-44-72(77)81)52-24-6-3-7-25-52/h3-51H,1-2H3. The van der Waals surface area contributed by atoms with Crippen molar-refractivity contribution < 1.29 is 0 Å². The molecule has 1 heteroatoms. The van der Waals surface area contributed by atoms with Crippen molar-refractivity contribution in [3.05, 3.63) is 353 Å². The molecule has 1 atom stereocenters. The van der Waals surface area contributed by atoms with E-state index in [2.05, 4.69) is 316 Å². The van der Waals surface area contributed by atoms with Crippen LogP contribution in [0.25, 0.3) is 77.5 Å². The second kappa shape index (κ2) is 17.5. The summed E-state index contributed by atoms with van der Waals surface area (Å²) in [5, 5.41) is 2.39. The van der Waals surface area contributed by atoms with Gasteiger partial charge in [0.1, 0.15) is 0 Å². The van der Waals surface area contributed by atoms with Crippen molar-refractivity contribution >= 4 is 27.8 Å². The van der Waals surface area contributed by atoms with Gasteiger partial charge in [0.05, 0.1) is 16.5 Å². The third-order valence-corrected chi connectivity index (χ3v) is 19.2. The molecule has 0 saturated heterocycles. The van der Waals surface area contributed by atoms with E-state index in [1.165, 1.54) is 133 Å². The van der Waals surface area contributed by atoms with Crippen LogP contribution in [0.4, 0.5) is 17.1 Å². The van der Waals surface area contributed by atoms with Gasteiger partial charge in [0.2, 0.25) is 0 Å². The molecule has 0 saturated carbocycles. The zero-order valence-electron chi connectivity index (χ0n) is 45.7. The molecule has 0 bridgehead atoms. The minimum Gasteiger partial charge on any atom is -0.310 e. The van der Waals surface area contributed by atoms with Crippen molar-refractivity contribution in [2.45, 2.75) is 30.1 Å². The fourth-order valence-corrected chi connectivity index (χ4v) is 15.9. The summed E-state index contributed by atoms with van der Waals surface area (Å²) in [5.41, 5.74) is 30.3. The van der Waals surface area contributed by atoms with Gasteiger partial charge in [0.15, 0.2) is 0 Å². The first-order valence-corrected chi connectivity index (χ1v) is 28.9. The van der Waals surface area contributed by atoms with Crippen molar-refractivity contribution in [3.63, 3.8) is 0 Å². The first kappa shape index (κ1) is 46.8. The lowest BCUT2D eigenvalue weighted by atomic mass is 9.67. The van der Waals surface area contributed by atoms with Crippen LogP contribution in [0.5, 0.6) is 0 Å². The lowest BCUT2D eigenvalue weighted by molar-refractivity contribution is 0.660. The maximum Gasteiger partial charge on any atom is 0.0731 e. The molecular formula is C81H55N. The average Bonchev–Trinajstić information content (AvgIpc) is 2.15. The Morgan fingerprint density at radius 3 is 1.34 bits per heavy atom. The van der Waals surface area contributed by atoms with Gasteiger partial charge < -0.3 is 4.90 Å². The van der Waals surface area contributed by atoms with E-state index in [0.717, 1.165) is 17.1 Å². The van der Waals surface area contributed by atoms with Gasteiger partial charge in [-0.25, -0.2) is 0 Å². The molecule has 82 heavy (non-hydrogen) atoms. The summed E-state index contributed by atoms with van der Waals surface area (Å²) >= 11 is 0. The lowest BCUT2D eigenvalue weighted by Crippen LogP contribution is -2.28. The van der Waals surface area contributed by atoms with Crippen LogP contribution in [0.3, 0.4) is 0 Å². The first-order chi connectivity index (χ1) is 40.5. The predicted molar refractivity (Wildman–Crippen MR) is 341 cm³/mol. The second-order valence-electron chi connectivity index (χ2n) is 23.3. The number of hydrogen-bond donors (Lipinski definition) is 0. The van der Waals surface area contributed by atoms with E-state index in [0.29, 0.717) is 0 Å². The van der Waals surface area contributed by atoms with E-state index in [1.807, 2.05) is 0 Å². The fraction of sp³-hybridized carbons (Fsp3) is 0.0617. The highest BCUT2D eigenvalue weighted by molar-refractivity contribution is 6.11. The van der Waals surface area contributed by atoms with E-state index in [4.69, 9.17) is 0 Å². The molecule has 384 valence electrons. The minimum atomic E-state index is -0.593. The highest BCUT2D eigenvalue weighted by atomic mass is 15.1. The molecule has 4 aliphatic rings. The quantitative estimate of drug-likeness (QED) is 0.154. The smallest absolute Gasteiger partial charge is 0.0731 e. The molecule has 13 aromatic carbocycles. The normalized spacial score (nSPS) is 15.7. The van der Waals surface area contributed by atoms with E-state index in [9.17, 15) is 0 Å². The maximum atomic E-state index is 2.59. The molecule has 0 radical (unpaired) electrons. The number of nitrogens with zero attached hydrogens (tertiary/aromatic N) is 1. The van der Waals surface area contributed by atoms with Crippen LogP contribution in [0.1, 0.15) is 69.5 Å². The molecule has 4 aliphatic carbocycles. The summed E-state index contributed by atoms with van der Waals surface area (Å²) in [4.78, 5) is 2.59. The highest BCUT2D eigenvalue weighted by Gasteiger charge is 2.54. The van der Waals surface area contributed by atoms with Crippen LogP contribution in [-0.2, 0) is 16.2 Å². The Kier molecular flexibility index (Phi) is 9.96. The molecule has 0 amide bonds. The van der Waals surface area contributed by atoms with Crippen LogP contribution in [0.15, 0.2) is 297 Å². The molecule has 0 aromatic heterocycles. The van der Waals surface area contributed by atoms with Crippen LogP contribution >= 0.6 is 0 Å². The van der Waals surface area contributed by atoms with Crippen molar-refractivity contribution in [1.29, 1.82) is 0 Å². The van der Waals surface area contributed by atoms with Gasteiger partial charge in [0, 0.05) is 22.2 Å². The molecule has 0 heterocycles. The third-order valence-electron chi connectivity index (χ3n) is 19.2. The van der Waals surface area contributed by atoms with Gasteiger partial charge >= 0.3 is 0 Å². The lowest BCUT2D eigenvalue weighted by Gasteiger charge is -2.35. The minimum absolute atomic E-state index is 0.213. The van der Waals surface area contributed by atoms with Gasteiger partial charge in [-0.05, 0) is 158 Å². The zero-order chi connectivity index (χ0) is 54.3. The van der Waals surface area contributed by atoms with Gasteiger partial charge in [-0.2, -0.15) is 0 Å². The van der Waals surface area contributed by atoms with Crippen LogP contribution in [-0.4, -0.2) is 0 Å². The average molecular weight is 1040 g/mol. The third kappa shape index (κ3) is 6.17. The molecular weight excluding hydrogens is 987 g/mol. The van der Waals surface area contributed by atoms with Crippen LogP contribution in [0.2, 0.25) is 0 Å². The van der Waals surface area contributed by atoms with E-state index in [1.54, 1.807) is 0 Å². The SMILES string of the molecule is CC1(C)c2ccccc2-c2ccc(N(c3ccc4c(c3)C(c3ccccc3)(c3ccccc3)c3ccccc3-4)c3cccc4cccc(-c5cccc6c5C5(c7ccccc7-6)c6ccccc6-c6c(-c7ccccc7)cccc65)c34)cc21. The number of anilines is 3. The number of benzene rings is 13. The van der Waals surface area contributed by atoms with Crippen molar-refractivity contribution in [3.8, 4) is 66.8 Å². The Morgan fingerprint density at radius 1 is 0.268 bits per heavy atom. The summed E-state index contributed by atoms with van der Waals surface area (Å²) in [6, 6.07) is 113. The van der Waals surface area contributed by atoms with Gasteiger partial charge in [-0.15, -0.1) is 0 Å². The summed E-state index contributed by atoms with van der Waals surface area (Å²) in [5.74, 6) is 0. The van der Waals surface area contributed by atoms with Gasteiger partial charge in [0.25, 0.3) is 0 Å². The molecule has 0 aliphatic heterocycles. The van der Waals surface area contributed by atoms with E-state index < -0.39 is 10.8 Å². The Morgan fingerprint density at radius 2 is 0.683 bits per heavy atom. The largest absolute Gasteiger partial charge is 0.310 e. The summed E-state index contributed by atoms with van der Waals surface area (Å²) in [6.45, 7) is 4.79. The van der Waals surface area contributed by atoms with E-state index in [-0.39, 0.29) is 5.41 Å². The molecule has 1 nitrogen and oxygen atoms in total. The van der Waals surface area contributed by atoms with Gasteiger partial charge in [-0.1, -0.05) is 281 Å². The van der Waals surface area contributed by atoms with Crippen LogP contribution < -0.4 is 4.90 Å². The Hall–Kier alpha value is -10.1. The number of hydrogen-bond acceptors (Lipinski definition) is 1. The Balaban J connectivity index is 0.958. The topological polar surface area (TPSA) is 3.24 Å². The fourth-order valence-electron chi connectivity index (χ4n) is 15.9. The summed E-state index contributed by atoms with van der Waals surface area (Å²) in [7, 11) is 0. The predicted octanol–water partition coefficient (Wildman–Crippen LogP) is 20.7. The number of fused-ring (bicyclic) bond motifs is 17. The molecule has 0 fully saturated rings. The molecule has 1 spiro atoms. The van der Waals surface area contributed by atoms with Gasteiger partial charge in [-0.3, -0.25) is 0 Å². The Labute approximate surface area is 479 Å². The second-order valence-corrected chi connectivity index (χ2v) is 23.3. The van der Waals surface area contributed by atoms with Crippen LogP contribution in [0, 0.1) is 0 Å². The molecule has 17 rings (SSSR count). The summed E-state index contributed by atoms with van der Waals surface area (Å²) < 4.78 is 0.